The maximum absolute atomic E-state index is 13.1. The van der Waals surface area contributed by atoms with Crippen LogP contribution in [-0.2, 0) is 9.53 Å². The van der Waals surface area contributed by atoms with Crippen molar-refractivity contribution in [3.05, 3.63) is 65.7 Å². The van der Waals surface area contributed by atoms with Gasteiger partial charge in [0.15, 0.2) is 0 Å². The lowest BCUT2D eigenvalue weighted by Gasteiger charge is -2.29. The Hall–Kier alpha value is -3.02. The second kappa shape index (κ2) is 7.92. The zero-order chi connectivity index (χ0) is 20.3. The van der Waals surface area contributed by atoms with E-state index >= 15 is 0 Å². The molecular weight excluding hydrogens is 356 g/mol. The summed E-state index contributed by atoms with van der Waals surface area (Å²) in [6.45, 7) is 5.84. The van der Waals surface area contributed by atoms with Crippen LogP contribution in [-0.4, -0.2) is 40.2 Å². The predicted molar refractivity (Wildman–Crippen MR) is 106 cm³/mol. The maximum Gasteiger partial charge on any atom is 0.408 e. The zero-order valence-corrected chi connectivity index (χ0v) is 16.4. The van der Waals surface area contributed by atoms with Gasteiger partial charge in [-0.1, -0.05) is 42.5 Å². The van der Waals surface area contributed by atoms with E-state index in [1.54, 1.807) is 43.9 Å². The van der Waals surface area contributed by atoms with Crippen LogP contribution < -0.4 is 5.32 Å². The summed E-state index contributed by atoms with van der Waals surface area (Å²) in [7, 11) is 0. The average Bonchev–Trinajstić information content (AvgIpc) is 2.95. The van der Waals surface area contributed by atoms with E-state index in [-0.39, 0.29) is 17.7 Å². The number of rotatable bonds is 4. The fourth-order valence-corrected chi connectivity index (χ4v) is 3.42. The third-order valence-electron chi connectivity index (χ3n) is 4.54. The second-order valence-electron chi connectivity index (χ2n) is 7.93. The fourth-order valence-electron chi connectivity index (χ4n) is 3.42. The molecule has 6 nitrogen and oxygen atoms in total. The summed E-state index contributed by atoms with van der Waals surface area (Å²) >= 11 is 0. The number of nitrogens with one attached hydrogen (secondary N) is 1. The highest BCUT2D eigenvalue weighted by Crippen LogP contribution is 2.33. The quantitative estimate of drug-likeness (QED) is 0.847. The van der Waals surface area contributed by atoms with Crippen LogP contribution >= 0.6 is 0 Å². The van der Waals surface area contributed by atoms with Gasteiger partial charge in [-0.05, 0) is 50.5 Å². The number of nitrogens with zero attached hydrogens (tertiary/aromatic N) is 1. The van der Waals surface area contributed by atoms with E-state index in [0.29, 0.717) is 13.0 Å². The van der Waals surface area contributed by atoms with Crippen molar-refractivity contribution in [2.24, 2.45) is 0 Å². The Kier molecular flexibility index (Phi) is 5.58. The summed E-state index contributed by atoms with van der Waals surface area (Å²) in [5.74, 6) is -0.0171. The molecule has 2 atom stereocenters. The van der Waals surface area contributed by atoms with Gasteiger partial charge < -0.3 is 20.1 Å². The van der Waals surface area contributed by atoms with E-state index in [1.807, 2.05) is 36.4 Å². The van der Waals surface area contributed by atoms with Crippen molar-refractivity contribution in [3.8, 4) is 5.75 Å². The molecule has 28 heavy (non-hydrogen) atoms. The molecule has 2 amide bonds. The van der Waals surface area contributed by atoms with Crippen LogP contribution in [0.2, 0.25) is 0 Å². The molecule has 6 heteroatoms. The van der Waals surface area contributed by atoms with E-state index in [1.165, 1.54) is 0 Å². The molecule has 1 saturated heterocycles. The molecule has 148 valence electrons. The normalized spacial score (nSPS) is 18.0. The van der Waals surface area contributed by atoms with Gasteiger partial charge in [-0.25, -0.2) is 4.79 Å². The van der Waals surface area contributed by atoms with Crippen molar-refractivity contribution >= 4 is 12.0 Å². The molecule has 0 bridgehead atoms. The summed E-state index contributed by atoms with van der Waals surface area (Å²) in [4.78, 5) is 26.9. The molecule has 2 N–H and O–H groups in total. The first kappa shape index (κ1) is 19.7. The number of aromatic hydroxyl groups is 1. The molecule has 1 fully saturated rings. The zero-order valence-electron chi connectivity index (χ0n) is 16.4. The Bertz CT molecular complexity index is 845. The van der Waals surface area contributed by atoms with Crippen LogP contribution in [0.25, 0.3) is 0 Å². The van der Waals surface area contributed by atoms with E-state index in [2.05, 4.69) is 5.32 Å². The number of carbonyl (C=O) groups excluding carboxylic acids is 2. The van der Waals surface area contributed by atoms with E-state index < -0.39 is 17.7 Å². The van der Waals surface area contributed by atoms with Crippen LogP contribution in [0.15, 0.2) is 54.6 Å². The number of likely N-dealkylation sites (tertiary alicyclic amines) is 1. The molecule has 1 aliphatic rings. The summed E-state index contributed by atoms with van der Waals surface area (Å²) in [5, 5.41) is 12.6. The van der Waals surface area contributed by atoms with Crippen molar-refractivity contribution in [1.29, 1.82) is 0 Å². The third kappa shape index (κ3) is 4.63. The molecule has 2 aromatic carbocycles. The van der Waals surface area contributed by atoms with Crippen molar-refractivity contribution in [2.75, 3.05) is 6.54 Å². The lowest BCUT2D eigenvalue weighted by molar-refractivity contribution is -0.130. The minimum Gasteiger partial charge on any atom is -0.508 e. The highest BCUT2D eigenvalue weighted by molar-refractivity contribution is 5.88. The van der Waals surface area contributed by atoms with Crippen molar-refractivity contribution in [1.82, 2.24) is 10.2 Å². The number of carbonyl (C=O) groups is 2. The van der Waals surface area contributed by atoms with Crippen LogP contribution in [0.4, 0.5) is 4.79 Å². The van der Waals surface area contributed by atoms with Gasteiger partial charge in [0, 0.05) is 6.54 Å². The van der Waals surface area contributed by atoms with Crippen LogP contribution in [0.5, 0.6) is 5.75 Å². The molecule has 1 unspecified atom stereocenters. The Morgan fingerprint density at radius 2 is 1.82 bits per heavy atom. The summed E-state index contributed by atoms with van der Waals surface area (Å²) in [6.07, 6.45) is -0.0958. The van der Waals surface area contributed by atoms with Gasteiger partial charge in [0.05, 0.1) is 6.04 Å². The Morgan fingerprint density at radius 3 is 2.46 bits per heavy atom. The smallest absolute Gasteiger partial charge is 0.408 e. The number of amides is 2. The standard InChI is InChI=1S/C22H26N2O4/c1-22(2,3)28-21(27)23-18-12-13-24(20(18)26)19(15-8-5-4-6-9-15)16-10-7-11-17(25)14-16/h4-11,14,18-19,25H,12-13H2,1-3H3,(H,23,27)/t18-,19?/m0/s1. The summed E-state index contributed by atoms with van der Waals surface area (Å²) in [5.41, 5.74) is 1.14. The number of hydrogen-bond acceptors (Lipinski definition) is 4. The van der Waals surface area contributed by atoms with Gasteiger partial charge in [0.25, 0.3) is 0 Å². The number of ether oxygens (including phenoxy) is 1. The minimum absolute atomic E-state index is 0.147. The predicted octanol–water partition coefficient (Wildman–Crippen LogP) is 3.61. The molecular formula is C22H26N2O4. The van der Waals surface area contributed by atoms with E-state index in [4.69, 9.17) is 4.74 Å². The Balaban J connectivity index is 1.84. The van der Waals surface area contributed by atoms with E-state index in [9.17, 15) is 14.7 Å². The largest absolute Gasteiger partial charge is 0.508 e. The Labute approximate surface area is 165 Å². The van der Waals surface area contributed by atoms with Gasteiger partial charge in [-0.3, -0.25) is 4.79 Å². The first-order chi connectivity index (χ1) is 13.2. The van der Waals surface area contributed by atoms with Gasteiger partial charge in [0.2, 0.25) is 5.91 Å². The van der Waals surface area contributed by atoms with Crippen molar-refractivity contribution in [2.45, 2.75) is 44.9 Å². The van der Waals surface area contributed by atoms with Crippen molar-refractivity contribution < 1.29 is 19.4 Å². The molecule has 0 aromatic heterocycles. The van der Waals surface area contributed by atoms with E-state index in [0.717, 1.165) is 11.1 Å². The Morgan fingerprint density at radius 1 is 1.14 bits per heavy atom. The SMILES string of the molecule is CC(C)(C)OC(=O)N[C@H]1CCN(C(c2ccccc2)c2cccc(O)c2)C1=O. The van der Waals surface area contributed by atoms with Crippen LogP contribution in [0.1, 0.15) is 44.4 Å². The number of alkyl carbamates (subject to hydrolysis) is 1. The molecule has 2 aromatic rings. The molecule has 1 heterocycles. The maximum atomic E-state index is 13.1. The summed E-state index contributed by atoms with van der Waals surface area (Å²) < 4.78 is 5.27. The number of phenols is 1. The highest BCUT2D eigenvalue weighted by atomic mass is 16.6. The topological polar surface area (TPSA) is 78.9 Å². The van der Waals surface area contributed by atoms with Crippen LogP contribution in [0, 0.1) is 0 Å². The molecule has 0 radical (unpaired) electrons. The van der Waals surface area contributed by atoms with Crippen LogP contribution in [0.3, 0.4) is 0 Å². The molecule has 0 aliphatic carbocycles. The van der Waals surface area contributed by atoms with Gasteiger partial charge in [-0.15, -0.1) is 0 Å². The van der Waals surface area contributed by atoms with Gasteiger partial charge in [-0.2, -0.15) is 0 Å². The third-order valence-corrected chi connectivity index (χ3v) is 4.54. The summed E-state index contributed by atoms with van der Waals surface area (Å²) in [6, 6.07) is 15.6. The lowest BCUT2D eigenvalue weighted by Crippen LogP contribution is -2.44. The van der Waals surface area contributed by atoms with Gasteiger partial charge in [0.1, 0.15) is 17.4 Å². The highest BCUT2D eigenvalue weighted by Gasteiger charge is 2.38. The van der Waals surface area contributed by atoms with Gasteiger partial charge >= 0.3 is 6.09 Å². The molecule has 0 saturated carbocycles. The second-order valence-corrected chi connectivity index (χ2v) is 7.93. The molecule has 3 rings (SSSR count). The average molecular weight is 382 g/mol. The number of phenolic OH excluding ortho intramolecular Hbond substituents is 1. The monoisotopic (exact) mass is 382 g/mol. The number of benzene rings is 2. The molecule has 1 aliphatic heterocycles. The first-order valence-electron chi connectivity index (χ1n) is 9.38. The van der Waals surface area contributed by atoms with Crippen molar-refractivity contribution in [3.63, 3.8) is 0 Å². The number of hydrogen-bond donors (Lipinski definition) is 2. The lowest BCUT2D eigenvalue weighted by atomic mass is 9.97. The fraction of sp³-hybridized carbons (Fsp3) is 0.364. The molecule has 0 spiro atoms. The first-order valence-corrected chi connectivity index (χ1v) is 9.38. The minimum atomic E-state index is -0.627.